The van der Waals surface area contributed by atoms with Crippen molar-refractivity contribution in [2.75, 3.05) is 5.75 Å². The Balaban J connectivity index is 1.90. The van der Waals surface area contributed by atoms with Crippen LogP contribution in [0.15, 0.2) is 29.2 Å². The highest BCUT2D eigenvalue weighted by Crippen LogP contribution is 2.40. The molecule has 0 aliphatic carbocycles. The number of carbonyl (C=O) groups is 1. The molecule has 0 bridgehead atoms. The molecule has 0 spiro atoms. The second-order valence-corrected chi connectivity index (χ2v) is 8.30. The Morgan fingerprint density at radius 3 is 2.89 bits per heavy atom. The number of benzene rings is 1. The van der Waals surface area contributed by atoms with Gasteiger partial charge in [0.15, 0.2) is 0 Å². The Bertz CT molecular complexity index is 451. The molecule has 2 rings (SSSR count). The molecule has 1 aliphatic rings. The molecule has 0 aromatic heterocycles. The summed E-state index contributed by atoms with van der Waals surface area (Å²) in [7, 11) is 0. The Kier molecular flexibility index (Phi) is 4.48. The lowest BCUT2D eigenvalue weighted by Gasteiger charge is -2.29. The zero-order valence-corrected chi connectivity index (χ0v) is 12.8. The summed E-state index contributed by atoms with van der Waals surface area (Å²) < 4.78 is -0.443. The molecule has 3 nitrogen and oxygen atoms in total. The van der Waals surface area contributed by atoms with Gasteiger partial charge >= 0.3 is 5.97 Å². The predicted molar refractivity (Wildman–Crippen MR) is 81.9 cm³/mol. The van der Waals surface area contributed by atoms with E-state index in [0.29, 0.717) is 5.25 Å². The van der Waals surface area contributed by atoms with E-state index in [-0.39, 0.29) is 0 Å². The summed E-state index contributed by atoms with van der Waals surface area (Å²) in [5, 5.41) is 9.52. The van der Waals surface area contributed by atoms with E-state index in [0.717, 1.165) is 12.2 Å². The Morgan fingerprint density at radius 2 is 2.26 bits per heavy atom. The molecule has 1 unspecified atom stereocenters. The number of fused-ring (bicyclic) bond motifs is 1. The number of hydrogen-bond donors (Lipinski definition) is 2. The van der Waals surface area contributed by atoms with Crippen molar-refractivity contribution < 1.29 is 9.90 Å². The smallest absolute Gasteiger partial charge is 0.321 e. The fourth-order valence-corrected chi connectivity index (χ4v) is 4.61. The highest BCUT2D eigenvalue weighted by molar-refractivity contribution is 8.04. The van der Waals surface area contributed by atoms with Crippen LogP contribution in [0, 0.1) is 0 Å². The predicted octanol–water partition coefficient (Wildman–Crippen LogP) is 2.63. The number of nitrogens with two attached hydrogens (primary N) is 1. The summed E-state index contributed by atoms with van der Waals surface area (Å²) >= 11 is 3.54. The van der Waals surface area contributed by atoms with Crippen molar-refractivity contribution in [3.05, 3.63) is 29.8 Å². The van der Waals surface area contributed by atoms with Crippen molar-refractivity contribution in [1.29, 1.82) is 0 Å². The SMILES string of the molecule is CC(C)(SCC1Cc2ccccc2S1)[C@@H](N)C(=O)O. The molecule has 1 aromatic carbocycles. The van der Waals surface area contributed by atoms with Gasteiger partial charge in [-0.15, -0.1) is 11.8 Å². The number of rotatable bonds is 5. The first-order valence-corrected chi connectivity index (χ1v) is 8.13. The summed E-state index contributed by atoms with van der Waals surface area (Å²) in [5.74, 6) is -0.00675. The third kappa shape index (κ3) is 3.46. The molecule has 0 saturated heterocycles. The zero-order chi connectivity index (χ0) is 14.0. The number of aliphatic carboxylic acids is 1. The second kappa shape index (κ2) is 5.77. The third-order valence-corrected chi connectivity index (χ3v) is 6.47. The maximum Gasteiger partial charge on any atom is 0.321 e. The minimum absolute atomic E-state index is 0.443. The standard InChI is InChI=1S/C14H19NO2S2/c1-14(2,12(15)13(16)17)18-8-10-7-9-5-3-4-6-11(9)19-10/h3-6,10,12H,7-8,15H2,1-2H3,(H,16,17)/t10?,12-/m0/s1. The van der Waals surface area contributed by atoms with Crippen molar-refractivity contribution in [2.45, 2.75) is 41.2 Å². The van der Waals surface area contributed by atoms with Crippen molar-refractivity contribution >= 4 is 29.5 Å². The van der Waals surface area contributed by atoms with Gasteiger partial charge in [0, 0.05) is 20.6 Å². The summed E-state index contributed by atoms with van der Waals surface area (Å²) in [6.45, 7) is 3.81. The summed E-state index contributed by atoms with van der Waals surface area (Å²) in [6.07, 6.45) is 1.06. The van der Waals surface area contributed by atoms with Crippen LogP contribution in [0.1, 0.15) is 19.4 Å². The first kappa shape index (κ1) is 14.8. The lowest BCUT2D eigenvalue weighted by Crippen LogP contribution is -2.47. The van der Waals surface area contributed by atoms with Gasteiger partial charge in [-0.05, 0) is 31.9 Å². The van der Waals surface area contributed by atoms with Gasteiger partial charge in [0.1, 0.15) is 6.04 Å². The van der Waals surface area contributed by atoms with E-state index in [2.05, 4.69) is 24.3 Å². The highest BCUT2D eigenvalue weighted by Gasteiger charge is 2.34. The van der Waals surface area contributed by atoms with Gasteiger partial charge in [-0.2, -0.15) is 11.8 Å². The summed E-state index contributed by atoms with van der Waals surface area (Å²) in [4.78, 5) is 12.3. The molecule has 1 aromatic rings. The third-order valence-electron chi connectivity index (χ3n) is 3.37. The maximum absolute atomic E-state index is 11.0. The topological polar surface area (TPSA) is 63.3 Å². The molecular weight excluding hydrogens is 278 g/mol. The fraction of sp³-hybridized carbons (Fsp3) is 0.500. The van der Waals surface area contributed by atoms with Gasteiger partial charge < -0.3 is 10.8 Å². The zero-order valence-electron chi connectivity index (χ0n) is 11.1. The molecule has 5 heteroatoms. The van der Waals surface area contributed by atoms with E-state index < -0.39 is 16.8 Å². The van der Waals surface area contributed by atoms with Crippen LogP contribution in [-0.2, 0) is 11.2 Å². The molecule has 19 heavy (non-hydrogen) atoms. The van der Waals surface area contributed by atoms with E-state index in [1.807, 2.05) is 25.6 Å². The van der Waals surface area contributed by atoms with Crippen LogP contribution in [0.5, 0.6) is 0 Å². The van der Waals surface area contributed by atoms with Crippen LogP contribution in [0.2, 0.25) is 0 Å². The van der Waals surface area contributed by atoms with Crippen molar-refractivity contribution in [1.82, 2.24) is 0 Å². The van der Waals surface area contributed by atoms with Crippen molar-refractivity contribution in [2.24, 2.45) is 5.73 Å². The number of carboxylic acid groups (broad SMARTS) is 1. The van der Waals surface area contributed by atoms with Gasteiger partial charge in [0.25, 0.3) is 0 Å². The molecule has 0 amide bonds. The highest BCUT2D eigenvalue weighted by atomic mass is 32.2. The van der Waals surface area contributed by atoms with E-state index in [4.69, 9.17) is 10.8 Å². The molecule has 0 saturated carbocycles. The minimum Gasteiger partial charge on any atom is -0.480 e. The molecule has 104 valence electrons. The molecule has 1 heterocycles. The summed E-state index contributed by atoms with van der Waals surface area (Å²) in [5.41, 5.74) is 7.14. The Hall–Kier alpha value is -0.650. The van der Waals surface area contributed by atoms with Gasteiger partial charge in [-0.25, -0.2) is 0 Å². The number of thioether (sulfide) groups is 2. The Labute approximate surface area is 122 Å². The number of carboxylic acids is 1. The molecule has 0 fully saturated rings. The fourth-order valence-electron chi connectivity index (χ4n) is 2.04. The van der Waals surface area contributed by atoms with E-state index in [9.17, 15) is 4.79 Å². The van der Waals surface area contributed by atoms with Crippen LogP contribution in [0.4, 0.5) is 0 Å². The van der Waals surface area contributed by atoms with Crippen molar-refractivity contribution in [3.8, 4) is 0 Å². The van der Waals surface area contributed by atoms with Crippen molar-refractivity contribution in [3.63, 3.8) is 0 Å². The van der Waals surface area contributed by atoms with E-state index >= 15 is 0 Å². The Morgan fingerprint density at radius 1 is 1.58 bits per heavy atom. The lowest BCUT2D eigenvalue weighted by atomic mass is 10.1. The minimum atomic E-state index is -0.931. The van der Waals surface area contributed by atoms with Gasteiger partial charge in [-0.3, -0.25) is 4.79 Å². The lowest BCUT2D eigenvalue weighted by molar-refractivity contribution is -0.139. The van der Waals surface area contributed by atoms with Crippen LogP contribution in [-0.4, -0.2) is 32.9 Å². The quantitative estimate of drug-likeness (QED) is 0.875. The molecule has 1 aliphatic heterocycles. The average molecular weight is 297 g/mol. The van der Waals surface area contributed by atoms with Crippen LogP contribution >= 0.6 is 23.5 Å². The van der Waals surface area contributed by atoms with Crippen LogP contribution in [0.3, 0.4) is 0 Å². The molecular formula is C14H19NO2S2. The van der Waals surface area contributed by atoms with Gasteiger partial charge in [0.05, 0.1) is 0 Å². The maximum atomic E-state index is 11.0. The second-order valence-electron chi connectivity index (χ2n) is 5.28. The monoisotopic (exact) mass is 297 g/mol. The van der Waals surface area contributed by atoms with Gasteiger partial charge in [0.2, 0.25) is 0 Å². The first-order chi connectivity index (χ1) is 8.90. The van der Waals surface area contributed by atoms with Crippen LogP contribution in [0.25, 0.3) is 0 Å². The molecule has 2 atom stereocenters. The van der Waals surface area contributed by atoms with Crippen LogP contribution < -0.4 is 5.73 Å². The largest absolute Gasteiger partial charge is 0.480 e. The van der Waals surface area contributed by atoms with Gasteiger partial charge in [-0.1, -0.05) is 18.2 Å². The number of hydrogen-bond acceptors (Lipinski definition) is 4. The van der Waals surface area contributed by atoms with E-state index in [1.165, 1.54) is 10.5 Å². The molecule has 0 radical (unpaired) electrons. The van der Waals surface area contributed by atoms with E-state index in [1.54, 1.807) is 11.8 Å². The average Bonchev–Trinajstić information content (AvgIpc) is 2.78. The first-order valence-electron chi connectivity index (χ1n) is 6.27. The molecule has 3 N–H and O–H groups in total. The normalized spacial score (nSPS) is 20.1. The summed E-state index contributed by atoms with van der Waals surface area (Å²) in [6, 6.07) is 7.62.